The summed E-state index contributed by atoms with van der Waals surface area (Å²) in [5.41, 5.74) is 0. The highest BCUT2D eigenvalue weighted by molar-refractivity contribution is 5.85. The molecule has 0 bridgehead atoms. The molecule has 1 heterocycles. The minimum Gasteiger partial charge on any atom is -0.465 e. The van der Waals surface area contributed by atoms with Crippen LogP contribution in [0.5, 0.6) is 0 Å². The minimum absolute atomic E-state index is 0.0441. The molecule has 1 aliphatic heterocycles. The second-order valence-electron chi connectivity index (χ2n) is 3.30. The summed E-state index contributed by atoms with van der Waals surface area (Å²) >= 11 is 0. The van der Waals surface area contributed by atoms with Crippen LogP contribution in [0.3, 0.4) is 0 Å². The van der Waals surface area contributed by atoms with Crippen molar-refractivity contribution in [2.24, 2.45) is 0 Å². The van der Waals surface area contributed by atoms with E-state index in [0.29, 0.717) is 6.61 Å². The Hall–Kier alpha value is -0.530. The fourth-order valence-corrected chi connectivity index (χ4v) is 1.47. The largest absolute Gasteiger partial charge is 0.465 e. The van der Waals surface area contributed by atoms with Gasteiger partial charge in [-0.25, -0.2) is 0 Å². The van der Waals surface area contributed by atoms with Gasteiger partial charge in [-0.3, -0.25) is 4.79 Å². The van der Waals surface area contributed by atoms with Gasteiger partial charge in [0.15, 0.2) is 0 Å². The van der Waals surface area contributed by atoms with Crippen molar-refractivity contribution < 1.29 is 9.53 Å². The first kappa shape index (κ1) is 9.56. The maximum Gasteiger partial charge on any atom is 0.313 e. The molecule has 1 aliphatic rings. The van der Waals surface area contributed by atoms with Crippen molar-refractivity contribution in [2.45, 2.75) is 45.4 Å². The number of esters is 1. The van der Waals surface area contributed by atoms with Gasteiger partial charge in [-0.1, -0.05) is 26.2 Å². The summed E-state index contributed by atoms with van der Waals surface area (Å²) in [6.45, 7) is 2.79. The monoisotopic (exact) mass is 169 g/mol. The van der Waals surface area contributed by atoms with Crippen molar-refractivity contribution in [2.75, 3.05) is 6.61 Å². The second-order valence-corrected chi connectivity index (χ2v) is 3.30. The number of unbranched alkanes of at least 4 members (excludes halogenated alkanes) is 2. The van der Waals surface area contributed by atoms with Crippen LogP contribution < -0.4 is 0 Å². The quantitative estimate of drug-likeness (QED) is 0.477. The van der Waals surface area contributed by atoms with E-state index < -0.39 is 0 Å². The van der Waals surface area contributed by atoms with E-state index in [1.165, 1.54) is 12.8 Å². The van der Waals surface area contributed by atoms with E-state index in [2.05, 4.69) is 6.92 Å². The molecule has 0 atom stereocenters. The van der Waals surface area contributed by atoms with E-state index in [4.69, 9.17) is 4.74 Å². The van der Waals surface area contributed by atoms with Gasteiger partial charge in [0.1, 0.15) is 0 Å². The molecular formula is C10H17O2. The third-order valence-electron chi connectivity index (χ3n) is 2.23. The normalized spacial score (nSPS) is 19.2. The molecule has 1 saturated heterocycles. The molecule has 1 fully saturated rings. The first-order chi connectivity index (χ1) is 5.84. The number of carbonyl (C=O) groups is 1. The molecule has 12 heavy (non-hydrogen) atoms. The van der Waals surface area contributed by atoms with Crippen molar-refractivity contribution >= 4 is 5.97 Å². The fourth-order valence-electron chi connectivity index (χ4n) is 1.47. The van der Waals surface area contributed by atoms with Crippen LogP contribution in [0.2, 0.25) is 0 Å². The van der Waals surface area contributed by atoms with Gasteiger partial charge in [0.2, 0.25) is 0 Å². The van der Waals surface area contributed by atoms with Gasteiger partial charge in [0, 0.05) is 0 Å². The molecule has 0 saturated carbocycles. The van der Waals surface area contributed by atoms with Gasteiger partial charge in [-0.2, -0.15) is 0 Å². The Morgan fingerprint density at radius 1 is 1.42 bits per heavy atom. The predicted molar refractivity (Wildman–Crippen MR) is 47.6 cm³/mol. The predicted octanol–water partition coefficient (Wildman–Crippen LogP) is 2.48. The molecule has 0 aromatic carbocycles. The van der Waals surface area contributed by atoms with Crippen molar-refractivity contribution in [3.8, 4) is 0 Å². The summed E-state index contributed by atoms with van der Waals surface area (Å²) in [5, 5.41) is 0. The van der Waals surface area contributed by atoms with E-state index in [1.54, 1.807) is 0 Å². The summed E-state index contributed by atoms with van der Waals surface area (Å²) in [5.74, 6) is 0.965. The van der Waals surface area contributed by atoms with Gasteiger partial charge in [0.25, 0.3) is 0 Å². The summed E-state index contributed by atoms with van der Waals surface area (Å²) in [6.07, 6.45) is 6.50. The average molecular weight is 169 g/mol. The SMILES string of the molecule is CCCCC[C]1CCCOC1=O. The Bertz CT molecular complexity index is 143. The van der Waals surface area contributed by atoms with Crippen molar-refractivity contribution in [3.63, 3.8) is 0 Å². The van der Waals surface area contributed by atoms with Gasteiger partial charge in [-0.15, -0.1) is 0 Å². The number of hydrogen-bond acceptors (Lipinski definition) is 2. The van der Waals surface area contributed by atoms with Crippen molar-refractivity contribution in [3.05, 3.63) is 5.92 Å². The molecule has 2 heteroatoms. The minimum atomic E-state index is -0.0441. The topological polar surface area (TPSA) is 26.3 Å². The number of rotatable bonds is 4. The third-order valence-corrected chi connectivity index (χ3v) is 2.23. The molecule has 1 radical (unpaired) electrons. The number of carbonyl (C=O) groups excluding carboxylic acids is 1. The lowest BCUT2D eigenvalue weighted by molar-refractivity contribution is -0.144. The van der Waals surface area contributed by atoms with Crippen LogP contribution in [0, 0.1) is 5.92 Å². The summed E-state index contributed by atoms with van der Waals surface area (Å²) in [6, 6.07) is 0. The zero-order valence-electron chi connectivity index (χ0n) is 7.77. The highest BCUT2D eigenvalue weighted by Crippen LogP contribution is 2.23. The van der Waals surface area contributed by atoms with E-state index in [0.717, 1.165) is 31.6 Å². The Balaban J connectivity index is 2.16. The molecule has 0 amide bonds. The number of hydrogen-bond donors (Lipinski definition) is 0. The summed E-state index contributed by atoms with van der Waals surface area (Å²) < 4.78 is 4.95. The van der Waals surface area contributed by atoms with Crippen LogP contribution in [0.4, 0.5) is 0 Å². The smallest absolute Gasteiger partial charge is 0.313 e. The van der Waals surface area contributed by atoms with Crippen LogP contribution in [0.15, 0.2) is 0 Å². The van der Waals surface area contributed by atoms with E-state index in [9.17, 15) is 4.79 Å². The van der Waals surface area contributed by atoms with Gasteiger partial charge in [-0.05, 0) is 19.3 Å². The maximum atomic E-state index is 11.1. The van der Waals surface area contributed by atoms with Crippen LogP contribution in [-0.4, -0.2) is 12.6 Å². The highest BCUT2D eigenvalue weighted by Gasteiger charge is 2.23. The number of ether oxygens (including phenoxy) is 1. The van der Waals surface area contributed by atoms with Crippen molar-refractivity contribution in [1.82, 2.24) is 0 Å². The third kappa shape index (κ3) is 2.84. The molecule has 0 unspecified atom stereocenters. The molecule has 1 rings (SSSR count). The zero-order valence-corrected chi connectivity index (χ0v) is 7.77. The van der Waals surface area contributed by atoms with E-state index in [1.807, 2.05) is 0 Å². The zero-order chi connectivity index (χ0) is 8.81. The molecule has 0 N–H and O–H groups in total. The molecular weight excluding hydrogens is 152 g/mol. The van der Waals surface area contributed by atoms with Crippen LogP contribution in [0.1, 0.15) is 45.4 Å². The summed E-state index contributed by atoms with van der Waals surface area (Å²) in [4.78, 5) is 11.1. The molecule has 0 aromatic heterocycles. The average Bonchev–Trinajstić information content (AvgIpc) is 2.09. The highest BCUT2D eigenvalue weighted by atomic mass is 16.5. The Morgan fingerprint density at radius 3 is 2.92 bits per heavy atom. The van der Waals surface area contributed by atoms with Gasteiger partial charge in [0.05, 0.1) is 12.5 Å². The first-order valence-electron chi connectivity index (χ1n) is 4.86. The maximum absolute atomic E-state index is 11.1. The molecule has 0 spiro atoms. The van der Waals surface area contributed by atoms with Crippen LogP contribution in [0.25, 0.3) is 0 Å². The van der Waals surface area contributed by atoms with Crippen LogP contribution >= 0.6 is 0 Å². The fraction of sp³-hybridized carbons (Fsp3) is 0.800. The lowest BCUT2D eigenvalue weighted by Crippen LogP contribution is -2.22. The lowest BCUT2D eigenvalue weighted by Gasteiger charge is -2.19. The second kappa shape index (κ2) is 5.18. The molecule has 0 aliphatic carbocycles. The summed E-state index contributed by atoms with van der Waals surface area (Å²) in [7, 11) is 0. The Morgan fingerprint density at radius 2 is 2.25 bits per heavy atom. The Labute approximate surface area is 74.3 Å². The van der Waals surface area contributed by atoms with Crippen LogP contribution in [-0.2, 0) is 9.53 Å². The van der Waals surface area contributed by atoms with E-state index >= 15 is 0 Å². The number of cyclic esters (lactones) is 1. The standard InChI is InChI=1S/C10H17O2/c1-2-3-4-6-9-7-5-8-12-10(9)11/h2-8H2,1H3. The molecule has 0 aromatic rings. The van der Waals surface area contributed by atoms with Gasteiger partial charge >= 0.3 is 5.97 Å². The Kier molecular flexibility index (Phi) is 4.12. The first-order valence-corrected chi connectivity index (χ1v) is 4.86. The molecule has 2 nitrogen and oxygen atoms in total. The van der Waals surface area contributed by atoms with E-state index in [-0.39, 0.29) is 5.97 Å². The van der Waals surface area contributed by atoms with Gasteiger partial charge < -0.3 is 4.74 Å². The lowest BCUT2D eigenvalue weighted by atomic mass is 9.95. The molecule has 69 valence electrons. The van der Waals surface area contributed by atoms with Crippen molar-refractivity contribution in [1.29, 1.82) is 0 Å².